The first-order chi connectivity index (χ1) is 14.6. The number of amides is 1. The first kappa shape index (κ1) is 21.2. The number of imidazole rings is 1. The Labute approximate surface area is 186 Å². The van der Waals surface area contributed by atoms with E-state index >= 15 is 0 Å². The third kappa shape index (κ3) is 4.20. The molecule has 1 aromatic heterocycles. The molecule has 2 heterocycles. The van der Waals surface area contributed by atoms with Crippen molar-refractivity contribution >= 4 is 40.1 Å². The number of carbonyl (C=O) groups excluding carboxylic acids is 1. The zero-order valence-electron chi connectivity index (χ0n) is 17.0. The summed E-state index contributed by atoms with van der Waals surface area (Å²) in [5.74, 6) is 0.918. The Balaban J connectivity index is 1.80. The number of benzene rings is 2. The van der Waals surface area contributed by atoms with E-state index in [1.165, 1.54) is 0 Å². The van der Waals surface area contributed by atoms with Crippen molar-refractivity contribution in [2.75, 3.05) is 26.3 Å². The van der Waals surface area contributed by atoms with Crippen LogP contribution in [0.5, 0.6) is 0 Å². The lowest BCUT2D eigenvalue weighted by molar-refractivity contribution is -0.139. The van der Waals surface area contributed by atoms with E-state index in [0.29, 0.717) is 42.8 Å². The molecule has 1 amide bonds. The second-order valence-corrected chi connectivity index (χ2v) is 8.32. The molecular formula is C23H25Cl2N3O2. The highest BCUT2D eigenvalue weighted by atomic mass is 35.5. The molecule has 158 valence electrons. The van der Waals surface area contributed by atoms with Crippen LogP contribution in [-0.2, 0) is 16.0 Å². The smallest absolute Gasteiger partial charge is 0.245 e. The molecule has 0 spiro atoms. The highest BCUT2D eigenvalue weighted by Gasteiger charge is 2.30. The van der Waals surface area contributed by atoms with Crippen LogP contribution >= 0.6 is 23.2 Å². The SMILES string of the molecule is CCC[C@@H](C(=O)N1CCOCC1)n1c(Cc2c(Cl)cccc2Cl)nc2ccccc21. The van der Waals surface area contributed by atoms with E-state index in [4.69, 9.17) is 32.9 Å². The number of ether oxygens (including phenoxy) is 1. The summed E-state index contributed by atoms with van der Waals surface area (Å²) in [5, 5.41) is 1.21. The van der Waals surface area contributed by atoms with Crippen molar-refractivity contribution in [1.29, 1.82) is 0 Å². The molecule has 0 radical (unpaired) electrons. The number of fused-ring (bicyclic) bond motifs is 1. The summed E-state index contributed by atoms with van der Waals surface area (Å²) in [6.45, 7) is 4.51. The van der Waals surface area contributed by atoms with Crippen molar-refractivity contribution in [3.63, 3.8) is 0 Å². The summed E-state index contributed by atoms with van der Waals surface area (Å²) in [5.41, 5.74) is 2.65. The molecule has 0 bridgehead atoms. The molecule has 5 nitrogen and oxygen atoms in total. The Morgan fingerprint density at radius 2 is 1.80 bits per heavy atom. The number of nitrogens with zero attached hydrogens (tertiary/aromatic N) is 3. The maximum absolute atomic E-state index is 13.5. The van der Waals surface area contributed by atoms with Crippen molar-refractivity contribution < 1.29 is 9.53 Å². The first-order valence-corrected chi connectivity index (χ1v) is 11.1. The summed E-state index contributed by atoms with van der Waals surface area (Å²) in [4.78, 5) is 20.3. The summed E-state index contributed by atoms with van der Waals surface area (Å²) >= 11 is 12.9. The van der Waals surface area contributed by atoms with E-state index in [0.717, 1.165) is 35.3 Å². The van der Waals surface area contributed by atoms with Crippen molar-refractivity contribution in [2.45, 2.75) is 32.2 Å². The first-order valence-electron chi connectivity index (χ1n) is 10.4. The zero-order valence-corrected chi connectivity index (χ0v) is 18.5. The number of aromatic nitrogens is 2. The molecule has 4 rings (SSSR count). The fraction of sp³-hybridized carbons (Fsp3) is 0.391. The van der Waals surface area contributed by atoms with Gasteiger partial charge in [-0.3, -0.25) is 4.79 Å². The highest BCUT2D eigenvalue weighted by Crippen LogP contribution is 2.31. The van der Waals surface area contributed by atoms with Crippen LogP contribution in [0.15, 0.2) is 42.5 Å². The van der Waals surface area contributed by atoms with Gasteiger partial charge in [-0.25, -0.2) is 4.98 Å². The van der Waals surface area contributed by atoms with Crippen molar-refractivity contribution in [3.05, 3.63) is 63.9 Å². The standard InChI is InChI=1S/C23H25Cl2N3O2/c1-2-6-21(23(29)27-11-13-30-14-12-27)28-20-10-4-3-9-19(20)26-22(28)15-16-17(24)7-5-8-18(16)25/h3-5,7-10,21H,2,6,11-15H2,1H3/t21-/m0/s1. The molecule has 1 saturated heterocycles. The van der Waals surface area contributed by atoms with Crippen molar-refractivity contribution in [1.82, 2.24) is 14.5 Å². The maximum atomic E-state index is 13.5. The summed E-state index contributed by atoms with van der Waals surface area (Å²) in [6, 6.07) is 13.1. The van der Waals surface area contributed by atoms with Crippen LogP contribution in [0.1, 0.15) is 37.2 Å². The Kier molecular flexibility index (Phi) is 6.61. The van der Waals surface area contributed by atoms with E-state index < -0.39 is 0 Å². The van der Waals surface area contributed by atoms with Crippen LogP contribution in [0.25, 0.3) is 11.0 Å². The van der Waals surface area contributed by atoms with Gasteiger partial charge in [0.25, 0.3) is 0 Å². The van der Waals surface area contributed by atoms with E-state index in [1.54, 1.807) is 0 Å². The number of morpholine rings is 1. The second-order valence-electron chi connectivity index (χ2n) is 7.51. The number of hydrogen-bond acceptors (Lipinski definition) is 3. The Bertz CT molecular complexity index is 1020. The molecule has 7 heteroatoms. The van der Waals surface area contributed by atoms with Crippen LogP contribution in [0, 0.1) is 0 Å². The van der Waals surface area contributed by atoms with Crippen molar-refractivity contribution in [3.8, 4) is 0 Å². The molecule has 1 aliphatic rings. The minimum Gasteiger partial charge on any atom is -0.378 e. The lowest BCUT2D eigenvalue weighted by atomic mass is 10.1. The number of carbonyl (C=O) groups is 1. The van der Waals surface area contributed by atoms with Gasteiger partial charge in [0.15, 0.2) is 0 Å². The van der Waals surface area contributed by atoms with E-state index in [2.05, 4.69) is 11.5 Å². The Hall–Kier alpha value is -2.08. The van der Waals surface area contributed by atoms with Gasteiger partial charge in [-0.15, -0.1) is 0 Å². The predicted molar refractivity (Wildman–Crippen MR) is 120 cm³/mol. The van der Waals surface area contributed by atoms with Gasteiger partial charge in [0.2, 0.25) is 5.91 Å². The van der Waals surface area contributed by atoms with Gasteiger partial charge in [0.05, 0.1) is 24.2 Å². The van der Waals surface area contributed by atoms with Crippen LogP contribution in [0.4, 0.5) is 0 Å². The van der Waals surface area contributed by atoms with Gasteiger partial charge in [-0.05, 0) is 36.2 Å². The molecular weight excluding hydrogens is 421 g/mol. The average molecular weight is 446 g/mol. The lowest BCUT2D eigenvalue weighted by Gasteiger charge is -2.31. The van der Waals surface area contributed by atoms with Crippen LogP contribution in [0.3, 0.4) is 0 Å². The van der Waals surface area contributed by atoms with Gasteiger partial charge in [0.1, 0.15) is 11.9 Å². The molecule has 0 aliphatic carbocycles. The molecule has 1 atom stereocenters. The molecule has 30 heavy (non-hydrogen) atoms. The molecule has 0 N–H and O–H groups in total. The zero-order chi connectivity index (χ0) is 21.1. The monoisotopic (exact) mass is 445 g/mol. The largest absolute Gasteiger partial charge is 0.378 e. The van der Waals surface area contributed by atoms with E-state index in [1.807, 2.05) is 47.4 Å². The fourth-order valence-corrected chi connectivity index (χ4v) is 4.59. The second kappa shape index (κ2) is 9.38. The van der Waals surface area contributed by atoms with Gasteiger partial charge in [-0.1, -0.05) is 54.7 Å². The predicted octanol–water partition coefficient (Wildman–Crippen LogP) is 5.13. The molecule has 1 aliphatic heterocycles. The summed E-state index contributed by atoms with van der Waals surface area (Å²) in [7, 11) is 0. The molecule has 3 aromatic rings. The molecule has 2 aromatic carbocycles. The average Bonchev–Trinajstić information content (AvgIpc) is 3.12. The number of para-hydroxylation sites is 2. The van der Waals surface area contributed by atoms with Gasteiger partial charge < -0.3 is 14.2 Å². The van der Waals surface area contributed by atoms with Crippen molar-refractivity contribution in [2.24, 2.45) is 0 Å². The molecule has 1 fully saturated rings. The van der Waals surface area contributed by atoms with Gasteiger partial charge >= 0.3 is 0 Å². The lowest BCUT2D eigenvalue weighted by Crippen LogP contribution is -2.44. The summed E-state index contributed by atoms with van der Waals surface area (Å²) in [6.07, 6.45) is 2.09. The topological polar surface area (TPSA) is 47.4 Å². The molecule has 0 saturated carbocycles. The van der Waals surface area contributed by atoms with Crippen LogP contribution in [-0.4, -0.2) is 46.7 Å². The third-order valence-corrected chi connectivity index (χ3v) is 6.26. The maximum Gasteiger partial charge on any atom is 0.245 e. The van der Waals surface area contributed by atoms with E-state index in [-0.39, 0.29) is 11.9 Å². The highest BCUT2D eigenvalue weighted by molar-refractivity contribution is 6.36. The normalized spacial score (nSPS) is 15.5. The molecule has 0 unspecified atom stereocenters. The van der Waals surface area contributed by atoms with Crippen LogP contribution in [0.2, 0.25) is 10.0 Å². The Morgan fingerprint density at radius 3 is 2.50 bits per heavy atom. The van der Waals surface area contributed by atoms with Gasteiger partial charge in [0, 0.05) is 29.6 Å². The minimum absolute atomic E-state index is 0.120. The summed E-state index contributed by atoms with van der Waals surface area (Å²) < 4.78 is 7.53. The van der Waals surface area contributed by atoms with E-state index in [9.17, 15) is 4.79 Å². The Morgan fingerprint density at radius 1 is 1.10 bits per heavy atom. The number of halogens is 2. The quantitative estimate of drug-likeness (QED) is 0.527. The van der Waals surface area contributed by atoms with Crippen LogP contribution < -0.4 is 0 Å². The fourth-order valence-electron chi connectivity index (χ4n) is 4.06. The van der Waals surface area contributed by atoms with Gasteiger partial charge in [-0.2, -0.15) is 0 Å². The minimum atomic E-state index is -0.322. The number of rotatable bonds is 6. The number of hydrogen-bond donors (Lipinski definition) is 0. The third-order valence-electron chi connectivity index (χ3n) is 5.55.